The molecule has 1 aromatic heterocycles. The first kappa shape index (κ1) is 9.19. The lowest BCUT2D eigenvalue weighted by molar-refractivity contribution is 0.0949. The minimum Gasteiger partial charge on any atom is -0.350 e. The summed E-state index contributed by atoms with van der Waals surface area (Å²) in [7, 11) is 1.68. The van der Waals surface area contributed by atoms with E-state index in [-0.39, 0.29) is 11.6 Å². The maximum absolute atomic E-state index is 11.2. The topological polar surface area (TPSA) is 83.6 Å². The van der Waals surface area contributed by atoms with E-state index in [9.17, 15) is 4.79 Å². The van der Waals surface area contributed by atoms with Gasteiger partial charge in [0.05, 0.1) is 18.7 Å². The van der Waals surface area contributed by atoms with Gasteiger partial charge in [-0.3, -0.25) is 9.48 Å². The van der Waals surface area contributed by atoms with E-state index >= 15 is 0 Å². The molecule has 0 saturated heterocycles. The maximum Gasteiger partial charge on any atom is 0.273 e. The molecule has 0 atom stereocenters. The summed E-state index contributed by atoms with van der Waals surface area (Å²) in [5.74, 6) is -0.302. The molecule has 0 aliphatic rings. The van der Waals surface area contributed by atoms with Crippen molar-refractivity contribution in [3.63, 3.8) is 0 Å². The molecule has 0 radical (unpaired) electrons. The fourth-order valence-corrected chi connectivity index (χ4v) is 0.774. The van der Waals surface area contributed by atoms with Gasteiger partial charge in [-0.2, -0.15) is 5.26 Å². The standard InChI is InChI=1S/C7H9N5O/c1-12-5-6(10-11-12)7(13)9-4-2-3-8/h5H,2,4H2,1H3,(H,9,13). The van der Waals surface area contributed by atoms with Crippen LogP contribution in [-0.2, 0) is 7.05 Å². The van der Waals surface area contributed by atoms with Gasteiger partial charge in [-0.15, -0.1) is 5.10 Å². The summed E-state index contributed by atoms with van der Waals surface area (Å²) in [6.45, 7) is 0.339. The number of nitrogens with zero attached hydrogens (tertiary/aromatic N) is 4. The van der Waals surface area contributed by atoms with Gasteiger partial charge in [-0.1, -0.05) is 5.21 Å². The monoisotopic (exact) mass is 179 g/mol. The SMILES string of the molecule is Cn1cc(C(=O)NCCC#N)nn1. The summed E-state index contributed by atoms with van der Waals surface area (Å²) in [5.41, 5.74) is 0.264. The molecule has 1 heterocycles. The highest BCUT2D eigenvalue weighted by Gasteiger charge is 2.07. The molecule has 6 heteroatoms. The third-order valence-corrected chi connectivity index (χ3v) is 1.36. The average Bonchev–Trinajstić information content (AvgIpc) is 2.52. The first-order valence-electron chi connectivity index (χ1n) is 3.75. The van der Waals surface area contributed by atoms with Crippen LogP contribution in [-0.4, -0.2) is 27.4 Å². The van der Waals surface area contributed by atoms with Gasteiger partial charge in [-0.05, 0) is 0 Å². The largest absolute Gasteiger partial charge is 0.350 e. The zero-order valence-electron chi connectivity index (χ0n) is 7.19. The van der Waals surface area contributed by atoms with Crippen LogP contribution in [0.15, 0.2) is 6.20 Å². The van der Waals surface area contributed by atoms with E-state index in [1.54, 1.807) is 7.05 Å². The number of rotatable bonds is 3. The van der Waals surface area contributed by atoms with Crippen LogP contribution in [0.4, 0.5) is 0 Å². The van der Waals surface area contributed by atoms with Gasteiger partial charge in [-0.25, -0.2) is 0 Å². The molecule has 0 bridgehead atoms. The second-order valence-electron chi connectivity index (χ2n) is 2.44. The number of hydrogen-bond acceptors (Lipinski definition) is 4. The van der Waals surface area contributed by atoms with Gasteiger partial charge in [0, 0.05) is 13.6 Å². The highest BCUT2D eigenvalue weighted by molar-refractivity contribution is 5.91. The smallest absolute Gasteiger partial charge is 0.273 e. The Balaban J connectivity index is 2.45. The van der Waals surface area contributed by atoms with Crippen molar-refractivity contribution in [2.24, 2.45) is 7.05 Å². The van der Waals surface area contributed by atoms with Crippen LogP contribution in [0.25, 0.3) is 0 Å². The van der Waals surface area contributed by atoms with Gasteiger partial charge in [0.15, 0.2) is 5.69 Å². The summed E-state index contributed by atoms with van der Waals surface area (Å²) in [6.07, 6.45) is 1.81. The molecule has 0 fully saturated rings. The number of aromatic nitrogens is 3. The van der Waals surface area contributed by atoms with Crippen LogP contribution in [0.2, 0.25) is 0 Å². The minimum absolute atomic E-state index is 0.264. The quantitative estimate of drug-likeness (QED) is 0.631. The normalized spacial score (nSPS) is 9.23. The van der Waals surface area contributed by atoms with Crippen LogP contribution < -0.4 is 5.32 Å². The van der Waals surface area contributed by atoms with Gasteiger partial charge in [0.1, 0.15) is 0 Å². The van der Waals surface area contributed by atoms with E-state index in [1.807, 2.05) is 6.07 Å². The van der Waals surface area contributed by atoms with E-state index < -0.39 is 0 Å². The molecule has 0 unspecified atom stereocenters. The van der Waals surface area contributed by atoms with Crippen LogP contribution in [0.5, 0.6) is 0 Å². The van der Waals surface area contributed by atoms with E-state index in [0.717, 1.165) is 0 Å². The average molecular weight is 179 g/mol. The van der Waals surface area contributed by atoms with E-state index in [0.29, 0.717) is 13.0 Å². The highest BCUT2D eigenvalue weighted by Crippen LogP contribution is 1.90. The number of nitrogens with one attached hydrogen (secondary N) is 1. The van der Waals surface area contributed by atoms with E-state index in [2.05, 4.69) is 15.6 Å². The predicted octanol–water partition coefficient (Wildman–Crippen LogP) is -0.541. The first-order chi connectivity index (χ1) is 6.24. The third kappa shape index (κ3) is 2.56. The van der Waals surface area contributed by atoms with Crippen molar-refractivity contribution in [1.82, 2.24) is 20.3 Å². The van der Waals surface area contributed by atoms with Crippen LogP contribution in [0.1, 0.15) is 16.9 Å². The second kappa shape index (κ2) is 4.21. The van der Waals surface area contributed by atoms with Crippen molar-refractivity contribution in [3.8, 4) is 6.07 Å². The molecule has 1 amide bonds. The Labute approximate surface area is 75.2 Å². The first-order valence-corrected chi connectivity index (χ1v) is 3.75. The van der Waals surface area contributed by atoms with E-state index in [4.69, 9.17) is 5.26 Å². The molecule has 1 rings (SSSR count). The van der Waals surface area contributed by atoms with Crippen molar-refractivity contribution in [3.05, 3.63) is 11.9 Å². The molecule has 13 heavy (non-hydrogen) atoms. The summed E-state index contributed by atoms with van der Waals surface area (Å²) in [4.78, 5) is 11.2. The van der Waals surface area contributed by atoms with Crippen LogP contribution in [0, 0.1) is 11.3 Å². The Morgan fingerprint density at radius 1 is 1.85 bits per heavy atom. The lowest BCUT2D eigenvalue weighted by Gasteiger charge is -1.96. The number of hydrogen-bond donors (Lipinski definition) is 1. The van der Waals surface area contributed by atoms with E-state index in [1.165, 1.54) is 10.9 Å². The molecule has 0 saturated carbocycles. The molecule has 1 aromatic rings. The van der Waals surface area contributed by atoms with Crippen LogP contribution >= 0.6 is 0 Å². The summed E-state index contributed by atoms with van der Waals surface area (Å²) >= 11 is 0. The Morgan fingerprint density at radius 2 is 2.62 bits per heavy atom. The molecule has 0 aromatic carbocycles. The fourth-order valence-electron chi connectivity index (χ4n) is 0.774. The van der Waals surface area contributed by atoms with Gasteiger partial charge in [0.2, 0.25) is 0 Å². The van der Waals surface area contributed by atoms with Crippen molar-refractivity contribution >= 4 is 5.91 Å². The zero-order valence-corrected chi connectivity index (χ0v) is 7.19. The molecule has 0 spiro atoms. The molecular formula is C7H9N5O. The number of aryl methyl sites for hydroxylation is 1. The van der Waals surface area contributed by atoms with Gasteiger partial charge >= 0.3 is 0 Å². The molecule has 0 aliphatic carbocycles. The van der Waals surface area contributed by atoms with Crippen molar-refractivity contribution < 1.29 is 4.79 Å². The van der Waals surface area contributed by atoms with Crippen molar-refractivity contribution in [1.29, 1.82) is 5.26 Å². The Kier molecular flexibility index (Phi) is 2.97. The zero-order chi connectivity index (χ0) is 9.68. The van der Waals surface area contributed by atoms with Gasteiger partial charge < -0.3 is 5.32 Å². The Hall–Kier alpha value is -1.90. The summed E-state index contributed by atoms with van der Waals surface area (Å²) < 4.78 is 1.44. The molecule has 1 N–H and O–H groups in total. The van der Waals surface area contributed by atoms with Crippen LogP contribution in [0.3, 0.4) is 0 Å². The molecule has 0 aliphatic heterocycles. The lowest BCUT2D eigenvalue weighted by Crippen LogP contribution is -2.24. The summed E-state index contributed by atoms with van der Waals surface area (Å²) in [5, 5.41) is 18.0. The fraction of sp³-hybridized carbons (Fsp3) is 0.429. The highest BCUT2D eigenvalue weighted by atomic mass is 16.1. The Morgan fingerprint density at radius 3 is 3.15 bits per heavy atom. The molecule has 68 valence electrons. The van der Waals surface area contributed by atoms with Gasteiger partial charge in [0.25, 0.3) is 5.91 Å². The Bertz CT molecular complexity index is 337. The molecular weight excluding hydrogens is 170 g/mol. The third-order valence-electron chi connectivity index (χ3n) is 1.36. The maximum atomic E-state index is 11.2. The predicted molar refractivity (Wildman–Crippen MR) is 43.6 cm³/mol. The molecule has 6 nitrogen and oxygen atoms in total. The minimum atomic E-state index is -0.302. The summed E-state index contributed by atoms with van der Waals surface area (Å²) in [6, 6.07) is 1.92. The number of carbonyl (C=O) groups is 1. The number of amides is 1. The lowest BCUT2D eigenvalue weighted by atomic mass is 10.4. The number of nitriles is 1. The number of carbonyl (C=O) groups excluding carboxylic acids is 1. The van der Waals surface area contributed by atoms with Crippen molar-refractivity contribution in [2.45, 2.75) is 6.42 Å². The van der Waals surface area contributed by atoms with Crippen molar-refractivity contribution in [2.75, 3.05) is 6.54 Å². The second-order valence-corrected chi connectivity index (χ2v) is 2.44.